The number of hydrogen-bond donors (Lipinski definition) is 2. The van der Waals surface area contributed by atoms with Crippen molar-refractivity contribution in [2.75, 3.05) is 0 Å². The molecule has 0 spiro atoms. The van der Waals surface area contributed by atoms with Crippen LogP contribution in [0.2, 0.25) is 0 Å². The number of alkyl halides is 3. The second-order valence-corrected chi connectivity index (χ2v) is 4.90. The topological polar surface area (TPSA) is 61.8 Å². The van der Waals surface area contributed by atoms with Crippen molar-refractivity contribution in [3.05, 3.63) is 59.7 Å². The van der Waals surface area contributed by atoms with Crippen LogP contribution in [0.25, 0.3) is 22.8 Å². The molecule has 0 saturated heterocycles. The van der Waals surface area contributed by atoms with E-state index in [9.17, 15) is 18.3 Å². The summed E-state index contributed by atoms with van der Waals surface area (Å²) in [6.45, 7) is -0.146. The van der Waals surface area contributed by atoms with E-state index in [1.54, 1.807) is 24.3 Å². The Morgan fingerprint density at radius 1 is 1.00 bits per heavy atom. The van der Waals surface area contributed by atoms with Crippen LogP contribution in [-0.4, -0.2) is 20.3 Å². The van der Waals surface area contributed by atoms with E-state index in [0.717, 1.165) is 12.1 Å². The summed E-state index contributed by atoms with van der Waals surface area (Å²) in [5.74, 6) is 0.742. The molecule has 0 unspecified atom stereocenters. The maximum atomic E-state index is 12.6. The van der Waals surface area contributed by atoms with Gasteiger partial charge in [0.15, 0.2) is 11.6 Å². The molecule has 3 rings (SSSR count). The number of aromatic amines is 1. The molecule has 2 N–H and O–H groups in total. The molecular weight excluding hydrogens is 307 g/mol. The zero-order chi connectivity index (χ0) is 16.4. The summed E-state index contributed by atoms with van der Waals surface area (Å²) in [6.07, 6.45) is -4.37. The number of aliphatic hydroxyl groups excluding tert-OH is 1. The van der Waals surface area contributed by atoms with Crippen molar-refractivity contribution in [1.82, 2.24) is 15.2 Å². The molecule has 0 fully saturated rings. The van der Waals surface area contributed by atoms with E-state index < -0.39 is 11.7 Å². The Morgan fingerprint density at radius 3 is 2.35 bits per heavy atom. The minimum atomic E-state index is -4.37. The predicted octanol–water partition coefficient (Wildman–Crippen LogP) is 3.65. The third-order valence-corrected chi connectivity index (χ3v) is 3.40. The van der Waals surface area contributed by atoms with Gasteiger partial charge >= 0.3 is 6.18 Å². The Balaban J connectivity index is 1.93. The van der Waals surface area contributed by atoms with E-state index >= 15 is 0 Å². The molecule has 0 aliphatic rings. The van der Waals surface area contributed by atoms with Crippen LogP contribution in [0.4, 0.5) is 13.2 Å². The zero-order valence-electron chi connectivity index (χ0n) is 11.8. The highest BCUT2D eigenvalue weighted by molar-refractivity contribution is 5.64. The first-order valence-corrected chi connectivity index (χ1v) is 6.78. The average molecular weight is 319 g/mol. The maximum Gasteiger partial charge on any atom is 0.416 e. The van der Waals surface area contributed by atoms with Gasteiger partial charge in [-0.2, -0.15) is 18.3 Å². The molecule has 0 radical (unpaired) electrons. The highest BCUT2D eigenvalue weighted by Gasteiger charge is 2.30. The van der Waals surface area contributed by atoms with Crippen LogP contribution >= 0.6 is 0 Å². The number of benzene rings is 2. The molecule has 0 aliphatic carbocycles. The molecule has 2 aromatic carbocycles. The van der Waals surface area contributed by atoms with Gasteiger partial charge in [0, 0.05) is 11.1 Å². The molecule has 0 bridgehead atoms. The van der Waals surface area contributed by atoms with Gasteiger partial charge in [0.2, 0.25) is 0 Å². The molecule has 3 aromatic rings. The van der Waals surface area contributed by atoms with Crippen molar-refractivity contribution in [3.63, 3.8) is 0 Å². The van der Waals surface area contributed by atoms with Crippen molar-refractivity contribution in [2.45, 2.75) is 12.8 Å². The Kier molecular flexibility index (Phi) is 3.87. The zero-order valence-corrected chi connectivity index (χ0v) is 11.8. The highest BCUT2D eigenvalue weighted by Crippen LogP contribution is 2.30. The summed E-state index contributed by atoms with van der Waals surface area (Å²) in [5, 5.41) is 16.1. The lowest BCUT2D eigenvalue weighted by Gasteiger charge is -2.06. The normalized spacial score (nSPS) is 11.7. The Hall–Kier alpha value is -2.67. The Morgan fingerprint density at radius 2 is 1.70 bits per heavy atom. The van der Waals surface area contributed by atoms with Crippen LogP contribution in [-0.2, 0) is 12.8 Å². The van der Waals surface area contributed by atoms with Crippen molar-refractivity contribution in [2.24, 2.45) is 0 Å². The Labute approximate surface area is 129 Å². The van der Waals surface area contributed by atoms with E-state index in [2.05, 4.69) is 15.2 Å². The molecule has 4 nitrogen and oxygen atoms in total. The van der Waals surface area contributed by atoms with Crippen LogP contribution in [0.5, 0.6) is 0 Å². The molecule has 0 aliphatic heterocycles. The van der Waals surface area contributed by atoms with Gasteiger partial charge in [-0.05, 0) is 17.7 Å². The highest BCUT2D eigenvalue weighted by atomic mass is 19.4. The lowest BCUT2D eigenvalue weighted by Crippen LogP contribution is -2.04. The second kappa shape index (κ2) is 5.85. The third-order valence-electron chi connectivity index (χ3n) is 3.40. The van der Waals surface area contributed by atoms with E-state index in [0.29, 0.717) is 28.3 Å². The number of rotatable bonds is 3. The number of H-pyrrole nitrogens is 1. The molecule has 0 atom stereocenters. The first-order valence-electron chi connectivity index (χ1n) is 6.78. The lowest BCUT2D eigenvalue weighted by molar-refractivity contribution is -0.137. The van der Waals surface area contributed by atoms with Crippen LogP contribution in [0.3, 0.4) is 0 Å². The molecule has 1 heterocycles. The van der Waals surface area contributed by atoms with Crippen molar-refractivity contribution >= 4 is 0 Å². The summed E-state index contributed by atoms with van der Waals surface area (Å²) < 4.78 is 37.7. The standard InChI is InChI=1S/C16H12F3N3O/c17-16(18,19)12-7-5-10(6-8-12)14-20-15(22-21-14)13-4-2-1-3-11(13)9-23/h1-8,23H,9H2,(H,20,21,22). The largest absolute Gasteiger partial charge is 0.416 e. The monoisotopic (exact) mass is 319 g/mol. The summed E-state index contributed by atoms with van der Waals surface area (Å²) in [6, 6.07) is 11.8. The van der Waals surface area contributed by atoms with E-state index in [-0.39, 0.29) is 6.61 Å². The summed E-state index contributed by atoms with van der Waals surface area (Å²) in [5.41, 5.74) is 1.13. The van der Waals surface area contributed by atoms with Crippen LogP contribution in [0.1, 0.15) is 11.1 Å². The number of hydrogen-bond acceptors (Lipinski definition) is 3. The quantitative estimate of drug-likeness (QED) is 0.774. The minimum absolute atomic E-state index is 0.146. The molecule has 118 valence electrons. The maximum absolute atomic E-state index is 12.6. The smallest absolute Gasteiger partial charge is 0.392 e. The minimum Gasteiger partial charge on any atom is -0.392 e. The number of nitrogens with one attached hydrogen (secondary N) is 1. The fourth-order valence-electron chi connectivity index (χ4n) is 2.21. The van der Waals surface area contributed by atoms with Crippen molar-refractivity contribution < 1.29 is 18.3 Å². The van der Waals surface area contributed by atoms with E-state index in [1.807, 2.05) is 0 Å². The third kappa shape index (κ3) is 3.09. The van der Waals surface area contributed by atoms with Gasteiger partial charge in [0.1, 0.15) is 0 Å². The van der Waals surface area contributed by atoms with E-state index in [1.165, 1.54) is 12.1 Å². The molecule has 7 heteroatoms. The van der Waals surface area contributed by atoms with Gasteiger partial charge in [-0.15, -0.1) is 0 Å². The van der Waals surface area contributed by atoms with Crippen LogP contribution < -0.4 is 0 Å². The molecule has 0 amide bonds. The number of nitrogens with zero attached hydrogens (tertiary/aromatic N) is 2. The van der Waals surface area contributed by atoms with E-state index in [4.69, 9.17) is 0 Å². The predicted molar refractivity (Wildman–Crippen MR) is 78.2 cm³/mol. The first kappa shape index (κ1) is 15.2. The lowest BCUT2D eigenvalue weighted by atomic mass is 10.1. The fourth-order valence-corrected chi connectivity index (χ4v) is 2.21. The van der Waals surface area contributed by atoms with Crippen LogP contribution in [0, 0.1) is 0 Å². The number of aromatic nitrogens is 3. The van der Waals surface area contributed by atoms with Gasteiger partial charge in [0.05, 0.1) is 12.2 Å². The van der Waals surface area contributed by atoms with Crippen molar-refractivity contribution in [1.29, 1.82) is 0 Å². The summed E-state index contributed by atoms with van der Waals surface area (Å²) in [7, 11) is 0. The van der Waals surface area contributed by atoms with Gasteiger partial charge in [-0.1, -0.05) is 36.4 Å². The number of halogens is 3. The average Bonchev–Trinajstić information content (AvgIpc) is 3.04. The molecule has 1 aromatic heterocycles. The second-order valence-electron chi connectivity index (χ2n) is 4.90. The SMILES string of the molecule is OCc1ccccc1-c1nc(-c2ccc(C(F)(F)F)cc2)n[nH]1. The summed E-state index contributed by atoms with van der Waals surface area (Å²) >= 11 is 0. The Bertz CT molecular complexity index is 810. The molecule has 23 heavy (non-hydrogen) atoms. The van der Waals surface area contributed by atoms with Crippen molar-refractivity contribution in [3.8, 4) is 22.8 Å². The molecular formula is C16H12F3N3O. The number of aliphatic hydroxyl groups is 1. The summed E-state index contributed by atoms with van der Waals surface area (Å²) in [4.78, 5) is 4.29. The fraction of sp³-hybridized carbons (Fsp3) is 0.125. The van der Waals surface area contributed by atoms with Gasteiger partial charge in [-0.3, -0.25) is 5.10 Å². The van der Waals surface area contributed by atoms with Gasteiger partial charge < -0.3 is 5.11 Å². The van der Waals surface area contributed by atoms with Gasteiger partial charge in [0.25, 0.3) is 0 Å². The van der Waals surface area contributed by atoms with Crippen LogP contribution in [0.15, 0.2) is 48.5 Å². The van der Waals surface area contributed by atoms with Gasteiger partial charge in [-0.25, -0.2) is 4.98 Å². The first-order chi connectivity index (χ1) is 11.0. The molecule has 0 saturated carbocycles.